The van der Waals surface area contributed by atoms with Crippen molar-refractivity contribution in [2.45, 2.75) is 30.8 Å². The molecule has 2 aromatic rings. The molecule has 36 heavy (non-hydrogen) atoms. The van der Waals surface area contributed by atoms with Crippen LogP contribution in [0.15, 0.2) is 48.7 Å². The van der Waals surface area contributed by atoms with Crippen molar-refractivity contribution in [1.29, 1.82) is 0 Å². The SMILES string of the molecule is COc1cccc(CN2C[C@H]3CCN(C(=O)c4ccccn4)CC[C@H]3S2(=O)=O)c1.O=C(O)C(F)(F)F. The van der Waals surface area contributed by atoms with E-state index in [1.165, 1.54) is 0 Å². The molecular formula is C23H26F3N3O6S. The van der Waals surface area contributed by atoms with Gasteiger partial charge in [0.15, 0.2) is 0 Å². The number of hydrogen-bond acceptors (Lipinski definition) is 6. The smallest absolute Gasteiger partial charge is 0.490 e. The Hall–Kier alpha value is -3.19. The Labute approximate surface area is 206 Å². The van der Waals surface area contributed by atoms with Crippen molar-refractivity contribution >= 4 is 21.9 Å². The lowest BCUT2D eigenvalue weighted by atomic mass is 10.0. The molecule has 13 heteroatoms. The van der Waals surface area contributed by atoms with Crippen LogP contribution >= 0.6 is 0 Å². The van der Waals surface area contributed by atoms with E-state index >= 15 is 0 Å². The molecule has 2 fully saturated rings. The topological polar surface area (TPSA) is 117 Å². The minimum Gasteiger partial charge on any atom is -0.497 e. The number of methoxy groups -OCH3 is 1. The first kappa shape index (κ1) is 27.4. The molecule has 1 aromatic heterocycles. The minimum absolute atomic E-state index is 0.0344. The predicted molar refractivity (Wildman–Crippen MR) is 123 cm³/mol. The monoisotopic (exact) mass is 529 g/mol. The zero-order chi connectivity index (χ0) is 26.5. The molecule has 196 valence electrons. The van der Waals surface area contributed by atoms with Gasteiger partial charge in [-0.05, 0) is 48.6 Å². The van der Waals surface area contributed by atoms with Gasteiger partial charge in [0.25, 0.3) is 5.91 Å². The molecule has 0 radical (unpaired) electrons. The number of carbonyl (C=O) groups is 2. The molecule has 3 heterocycles. The third-order valence-corrected chi connectivity index (χ3v) is 8.45. The predicted octanol–water partition coefficient (Wildman–Crippen LogP) is 2.79. The number of pyridine rings is 1. The van der Waals surface area contributed by atoms with Gasteiger partial charge < -0.3 is 14.7 Å². The third-order valence-electron chi connectivity index (χ3n) is 6.07. The number of rotatable bonds is 4. The van der Waals surface area contributed by atoms with E-state index in [1.54, 1.807) is 40.7 Å². The summed E-state index contributed by atoms with van der Waals surface area (Å²) in [7, 11) is -1.80. The molecule has 1 aromatic carbocycles. The maximum Gasteiger partial charge on any atom is 0.490 e. The van der Waals surface area contributed by atoms with E-state index in [2.05, 4.69) is 4.98 Å². The Morgan fingerprint density at radius 2 is 1.83 bits per heavy atom. The van der Waals surface area contributed by atoms with Gasteiger partial charge in [-0.1, -0.05) is 18.2 Å². The number of halogens is 3. The number of hydrogen-bond donors (Lipinski definition) is 1. The van der Waals surface area contributed by atoms with E-state index in [4.69, 9.17) is 14.6 Å². The molecule has 1 amide bonds. The zero-order valence-electron chi connectivity index (χ0n) is 19.4. The fraction of sp³-hybridized carbons (Fsp3) is 0.435. The molecule has 9 nitrogen and oxygen atoms in total. The first-order chi connectivity index (χ1) is 16.9. The van der Waals surface area contributed by atoms with Crippen molar-refractivity contribution in [2.75, 3.05) is 26.7 Å². The average molecular weight is 530 g/mol. The molecule has 2 aliphatic heterocycles. The lowest BCUT2D eigenvalue weighted by Crippen LogP contribution is -2.35. The van der Waals surface area contributed by atoms with E-state index in [-0.39, 0.29) is 11.8 Å². The molecule has 0 aliphatic carbocycles. The number of fused-ring (bicyclic) bond motifs is 1. The molecular weight excluding hydrogens is 503 g/mol. The fourth-order valence-electron chi connectivity index (χ4n) is 4.28. The van der Waals surface area contributed by atoms with Crippen LogP contribution in [0.4, 0.5) is 13.2 Å². The van der Waals surface area contributed by atoms with Gasteiger partial charge in [0.1, 0.15) is 11.4 Å². The fourth-order valence-corrected chi connectivity index (χ4v) is 6.50. The van der Waals surface area contributed by atoms with Gasteiger partial charge >= 0.3 is 12.1 Å². The van der Waals surface area contributed by atoms with Gasteiger partial charge in [0.05, 0.1) is 12.4 Å². The Morgan fingerprint density at radius 3 is 2.44 bits per heavy atom. The number of nitrogens with zero attached hydrogens (tertiary/aromatic N) is 3. The summed E-state index contributed by atoms with van der Waals surface area (Å²) in [6, 6.07) is 12.8. The second-order valence-electron chi connectivity index (χ2n) is 8.37. The minimum atomic E-state index is -5.08. The standard InChI is InChI=1S/C21H25N3O4S.C2HF3O2/c1-28-18-6-4-5-16(13-18)14-24-15-17-8-11-23(12-9-20(17)29(24,26)27)21(25)19-7-2-3-10-22-19;3-2(4,5)1(6)7/h2-7,10,13,17,20H,8-9,11-12,14-15H2,1H3;(H,6,7)/t17-,20-;/m1./s1. The van der Waals surface area contributed by atoms with Gasteiger partial charge in [0.2, 0.25) is 10.0 Å². The third kappa shape index (κ3) is 6.52. The highest BCUT2D eigenvalue weighted by Crippen LogP contribution is 2.35. The van der Waals surface area contributed by atoms with E-state index in [0.717, 1.165) is 11.3 Å². The number of amides is 1. The Morgan fingerprint density at radius 1 is 1.14 bits per heavy atom. The number of carboxylic acid groups (broad SMARTS) is 1. The quantitative estimate of drug-likeness (QED) is 0.647. The number of aliphatic carboxylic acids is 1. The largest absolute Gasteiger partial charge is 0.497 e. The maximum absolute atomic E-state index is 13.2. The van der Waals surface area contributed by atoms with E-state index in [9.17, 15) is 26.4 Å². The Bertz CT molecular complexity index is 1180. The Balaban J connectivity index is 0.000000454. The van der Waals surface area contributed by atoms with Crippen LogP contribution in [0.3, 0.4) is 0 Å². The highest BCUT2D eigenvalue weighted by atomic mass is 32.2. The van der Waals surface area contributed by atoms with Crippen molar-refractivity contribution < 1.29 is 41.0 Å². The van der Waals surface area contributed by atoms with Crippen molar-refractivity contribution in [3.63, 3.8) is 0 Å². The normalized spacial score (nSPS) is 21.5. The number of carboxylic acids is 1. The number of alkyl halides is 3. The zero-order valence-corrected chi connectivity index (χ0v) is 20.2. The highest BCUT2D eigenvalue weighted by Gasteiger charge is 2.47. The summed E-state index contributed by atoms with van der Waals surface area (Å²) in [6.45, 7) is 1.83. The van der Waals surface area contributed by atoms with Gasteiger partial charge in [-0.25, -0.2) is 13.2 Å². The molecule has 0 saturated carbocycles. The molecule has 0 unspecified atom stereocenters. The first-order valence-corrected chi connectivity index (χ1v) is 12.6. The molecule has 0 bridgehead atoms. The van der Waals surface area contributed by atoms with Crippen molar-refractivity contribution in [2.24, 2.45) is 5.92 Å². The van der Waals surface area contributed by atoms with E-state index in [1.807, 2.05) is 24.3 Å². The summed E-state index contributed by atoms with van der Waals surface area (Å²) in [5.41, 5.74) is 1.32. The summed E-state index contributed by atoms with van der Waals surface area (Å²) in [5.74, 6) is -2.13. The van der Waals surface area contributed by atoms with E-state index in [0.29, 0.717) is 44.7 Å². The molecule has 2 aliphatic rings. The summed E-state index contributed by atoms with van der Waals surface area (Å²) >= 11 is 0. The number of benzene rings is 1. The Kier molecular flexibility index (Phi) is 8.56. The van der Waals surface area contributed by atoms with Crippen LogP contribution < -0.4 is 4.74 Å². The summed E-state index contributed by atoms with van der Waals surface area (Å²) < 4.78 is 64.9. The van der Waals surface area contributed by atoms with Gasteiger partial charge in [-0.2, -0.15) is 17.5 Å². The second-order valence-corrected chi connectivity index (χ2v) is 10.5. The molecule has 4 rings (SSSR count). The van der Waals surface area contributed by atoms with Crippen LogP contribution in [0.5, 0.6) is 5.75 Å². The van der Waals surface area contributed by atoms with Crippen LogP contribution in [0, 0.1) is 5.92 Å². The number of carbonyl (C=O) groups excluding carboxylic acids is 1. The molecule has 1 N–H and O–H groups in total. The molecule has 0 spiro atoms. The van der Waals surface area contributed by atoms with Gasteiger partial charge in [-0.3, -0.25) is 9.78 Å². The maximum atomic E-state index is 13.2. The van der Waals surface area contributed by atoms with Crippen molar-refractivity contribution in [3.05, 3.63) is 59.9 Å². The van der Waals surface area contributed by atoms with Crippen LogP contribution in [0.25, 0.3) is 0 Å². The first-order valence-electron chi connectivity index (χ1n) is 11.1. The number of likely N-dealkylation sites (tertiary alicyclic amines) is 1. The average Bonchev–Trinajstić information content (AvgIpc) is 2.97. The van der Waals surface area contributed by atoms with Gasteiger partial charge in [0, 0.05) is 32.4 Å². The lowest BCUT2D eigenvalue weighted by Gasteiger charge is -2.22. The van der Waals surface area contributed by atoms with Crippen LogP contribution in [0.1, 0.15) is 28.9 Å². The number of ether oxygens (including phenoxy) is 1. The van der Waals surface area contributed by atoms with Crippen LogP contribution in [-0.4, -0.2) is 77.8 Å². The summed E-state index contributed by atoms with van der Waals surface area (Å²) in [5, 5.41) is 6.69. The number of sulfonamides is 1. The highest BCUT2D eigenvalue weighted by molar-refractivity contribution is 7.90. The number of aromatic nitrogens is 1. The summed E-state index contributed by atoms with van der Waals surface area (Å²) in [4.78, 5) is 27.5. The summed E-state index contributed by atoms with van der Waals surface area (Å²) in [6.07, 6.45) is -2.35. The van der Waals surface area contributed by atoms with Gasteiger partial charge in [-0.15, -0.1) is 0 Å². The lowest BCUT2D eigenvalue weighted by molar-refractivity contribution is -0.192. The second kappa shape index (κ2) is 11.2. The van der Waals surface area contributed by atoms with Crippen LogP contribution in [0.2, 0.25) is 0 Å². The molecule has 2 saturated heterocycles. The molecule has 2 atom stereocenters. The van der Waals surface area contributed by atoms with Crippen molar-refractivity contribution in [3.8, 4) is 5.75 Å². The van der Waals surface area contributed by atoms with Crippen LogP contribution in [-0.2, 0) is 21.4 Å². The van der Waals surface area contributed by atoms with E-state index < -0.39 is 27.4 Å². The van der Waals surface area contributed by atoms with Crippen molar-refractivity contribution in [1.82, 2.24) is 14.2 Å².